The Morgan fingerprint density at radius 1 is 1.03 bits per heavy atom. The number of rotatable bonds is 8. The minimum absolute atomic E-state index is 0.328. The van der Waals surface area contributed by atoms with Crippen LogP contribution in [0, 0.1) is 18.6 Å². The Labute approximate surface area is 221 Å². The Kier molecular flexibility index (Phi) is 7.06. The average molecular weight is 535 g/mol. The van der Waals surface area contributed by atoms with E-state index in [-0.39, 0.29) is 11.7 Å². The van der Waals surface area contributed by atoms with E-state index in [0.717, 1.165) is 15.8 Å². The van der Waals surface area contributed by atoms with E-state index >= 15 is 0 Å². The third-order valence-corrected chi connectivity index (χ3v) is 6.91. The molecule has 0 aliphatic heterocycles. The summed E-state index contributed by atoms with van der Waals surface area (Å²) >= 11 is 1.28. The number of aromatic nitrogens is 3. The van der Waals surface area contributed by atoms with Crippen LogP contribution in [0.25, 0.3) is 16.6 Å². The summed E-state index contributed by atoms with van der Waals surface area (Å²) in [5.74, 6) is -0.229. The molecule has 2 aromatic heterocycles. The summed E-state index contributed by atoms with van der Waals surface area (Å²) in [7, 11) is 1.49. The minimum Gasteiger partial charge on any atom is -0.496 e. The van der Waals surface area contributed by atoms with Crippen molar-refractivity contribution in [1.29, 1.82) is 0 Å². The van der Waals surface area contributed by atoms with Gasteiger partial charge >= 0.3 is 0 Å². The fourth-order valence-electron chi connectivity index (χ4n) is 4.19. The number of benzene rings is 3. The quantitative estimate of drug-likeness (QED) is 0.264. The number of hydrogen-bond donors (Lipinski definition) is 1. The van der Waals surface area contributed by atoms with Crippen LogP contribution >= 0.6 is 11.3 Å². The molecule has 2 unspecified atom stereocenters. The maximum absolute atomic E-state index is 14.3. The topological polar surface area (TPSA) is 78.3 Å². The number of hydrogen-bond acceptors (Lipinski definition) is 6. The zero-order valence-corrected chi connectivity index (χ0v) is 21.6. The van der Waals surface area contributed by atoms with Crippen LogP contribution in [0.4, 0.5) is 8.78 Å². The first-order valence-corrected chi connectivity index (χ1v) is 12.6. The van der Waals surface area contributed by atoms with Crippen molar-refractivity contribution in [3.05, 3.63) is 100 Å². The van der Waals surface area contributed by atoms with Crippen molar-refractivity contribution >= 4 is 28.1 Å². The number of aryl methyl sites for hydroxylation is 1. The Bertz CT molecular complexity index is 1600. The van der Waals surface area contributed by atoms with Gasteiger partial charge in [-0.25, -0.2) is 18.4 Å². The molecule has 0 aliphatic rings. The summed E-state index contributed by atoms with van der Waals surface area (Å²) in [5, 5.41) is 8.47. The number of nitrogens with zero attached hydrogens (tertiary/aromatic N) is 3. The maximum Gasteiger partial charge on any atom is 0.280 e. The summed E-state index contributed by atoms with van der Waals surface area (Å²) in [6.07, 6.45) is 2.52. The summed E-state index contributed by atoms with van der Waals surface area (Å²) in [5.41, 5.74) is 1.95. The standard InChI is InChI=1S/C28H24F2N4O3S/c1-16-14-31-28(38-16)27(35)33-17(2)26(23-13-20(30)6-11-25(23)36-3)37-22-9-10-24-18(12-22)15-32-34(24)21-7-4-19(29)5-8-21/h4-15,17,26H,1-3H3,(H,33,35). The van der Waals surface area contributed by atoms with E-state index in [1.807, 2.05) is 13.0 Å². The number of amides is 1. The Hall–Kier alpha value is -4.31. The number of carbonyl (C=O) groups excluding carboxylic acids is 1. The molecule has 5 rings (SSSR count). The van der Waals surface area contributed by atoms with E-state index < -0.39 is 18.0 Å². The van der Waals surface area contributed by atoms with Gasteiger partial charge in [0.2, 0.25) is 0 Å². The van der Waals surface area contributed by atoms with Crippen molar-refractivity contribution in [2.45, 2.75) is 26.0 Å². The van der Waals surface area contributed by atoms with Crippen LogP contribution in [0.1, 0.15) is 33.3 Å². The van der Waals surface area contributed by atoms with Gasteiger partial charge in [0.15, 0.2) is 5.01 Å². The lowest BCUT2D eigenvalue weighted by Gasteiger charge is -2.27. The zero-order chi connectivity index (χ0) is 26.8. The van der Waals surface area contributed by atoms with Gasteiger partial charge in [-0.2, -0.15) is 5.10 Å². The first-order chi connectivity index (χ1) is 18.3. The SMILES string of the molecule is COc1ccc(F)cc1C(Oc1ccc2c(cnn2-c2ccc(F)cc2)c1)C(C)NC(=O)c1ncc(C)s1. The van der Waals surface area contributed by atoms with Crippen LogP contribution in [0.5, 0.6) is 11.5 Å². The second kappa shape index (κ2) is 10.6. The van der Waals surface area contributed by atoms with Gasteiger partial charge < -0.3 is 14.8 Å². The Morgan fingerprint density at radius 3 is 2.50 bits per heavy atom. The molecule has 1 N–H and O–H groups in total. The second-order valence-electron chi connectivity index (χ2n) is 8.72. The van der Waals surface area contributed by atoms with Crippen molar-refractivity contribution in [2.75, 3.05) is 7.11 Å². The van der Waals surface area contributed by atoms with Gasteiger partial charge in [0.25, 0.3) is 5.91 Å². The van der Waals surface area contributed by atoms with Gasteiger partial charge in [-0.05, 0) is 74.5 Å². The molecule has 2 heterocycles. The molecule has 0 bridgehead atoms. The first-order valence-electron chi connectivity index (χ1n) is 11.8. The third-order valence-electron chi connectivity index (χ3n) is 6.00. The van der Waals surface area contributed by atoms with Crippen molar-refractivity contribution in [2.24, 2.45) is 0 Å². The highest BCUT2D eigenvalue weighted by Gasteiger charge is 2.28. The molecule has 0 fully saturated rings. The van der Waals surface area contributed by atoms with Gasteiger partial charge in [-0.3, -0.25) is 4.79 Å². The number of methoxy groups -OCH3 is 1. The molecular weight excluding hydrogens is 510 g/mol. The monoisotopic (exact) mass is 534 g/mol. The number of halogens is 2. The molecule has 3 aromatic carbocycles. The zero-order valence-electron chi connectivity index (χ0n) is 20.8. The number of nitrogens with one attached hydrogen (secondary N) is 1. The third kappa shape index (κ3) is 5.21. The molecule has 10 heteroatoms. The lowest BCUT2D eigenvalue weighted by molar-refractivity contribution is 0.0879. The van der Waals surface area contributed by atoms with E-state index in [4.69, 9.17) is 9.47 Å². The number of fused-ring (bicyclic) bond motifs is 1. The molecular formula is C28H24F2N4O3S. The molecule has 0 saturated heterocycles. The fraction of sp³-hybridized carbons (Fsp3) is 0.179. The fourth-order valence-corrected chi connectivity index (χ4v) is 4.85. The summed E-state index contributed by atoms with van der Waals surface area (Å²) in [6, 6.07) is 15.0. The summed E-state index contributed by atoms with van der Waals surface area (Å²) in [4.78, 5) is 17.9. The second-order valence-corrected chi connectivity index (χ2v) is 9.95. The molecule has 2 atom stereocenters. The summed E-state index contributed by atoms with van der Waals surface area (Å²) < 4.78 is 41.3. The Morgan fingerprint density at radius 2 is 1.79 bits per heavy atom. The molecule has 5 aromatic rings. The van der Waals surface area contributed by atoms with Crippen LogP contribution in [0.2, 0.25) is 0 Å². The predicted octanol–water partition coefficient (Wildman–Crippen LogP) is 6.02. The first kappa shape index (κ1) is 25.3. The number of ether oxygens (including phenoxy) is 2. The lowest BCUT2D eigenvalue weighted by Crippen LogP contribution is -2.39. The highest BCUT2D eigenvalue weighted by Crippen LogP contribution is 2.34. The van der Waals surface area contributed by atoms with Gasteiger partial charge in [0, 0.05) is 22.0 Å². The molecule has 194 valence electrons. The van der Waals surface area contributed by atoms with Crippen molar-refractivity contribution in [1.82, 2.24) is 20.1 Å². The average Bonchev–Trinajstić information content (AvgIpc) is 3.53. The lowest BCUT2D eigenvalue weighted by atomic mass is 10.0. The van der Waals surface area contributed by atoms with Crippen LogP contribution in [0.15, 0.2) is 73.1 Å². The highest BCUT2D eigenvalue weighted by atomic mass is 32.1. The van der Waals surface area contributed by atoms with Gasteiger partial charge in [-0.15, -0.1) is 11.3 Å². The smallest absolute Gasteiger partial charge is 0.280 e. The molecule has 0 saturated carbocycles. The van der Waals surface area contributed by atoms with Gasteiger partial charge in [0.05, 0.1) is 30.6 Å². The Balaban J connectivity index is 1.47. The van der Waals surface area contributed by atoms with Crippen LogP contribution in [-0.2, 0) is 0 Å². The number of carbonyl (C=O) groups is 1. The van der Waals surface area contributed by atoms with E-state index in [1.54, 1.807) is 48.3 Å². The maximum atomic E-state index is 14.3. The number of thiazole rings is 1. The van der Waals surface area contributed by atoms with Crippen molar-refractivity contribution in [3.63, 3.8) is 0 Å². The minimum atomic E-state index is -0.796. The molecule has 0 aliphatic carbocycles. The molecule has 7 nitrogen and oxygen atoms in total. The highest BCUT2D eigenvalue weighted by molar-refractivity contribution is 7.13. The van der Waals surface area contributed by atoms with Gasteiger partial charge in [0.1, 0.15) is 29.2 Å². The van der Waals surface area contributed by atoms with Gasteiger partial charge in [-0.1, -0.05) is 0 Å². The van der Waals surface area contributed by atoms with Crippen molar-refractivity contribution in [3.8, 4) is 17.2 Å². The van der Waals surface area contributed by atoms with Crippen molar-refractivity contribution < 1.29 is 23.0 Å². The van der Waals surface area contributed by atoms with E-state index in [2.05, 4.69) is 15.4 Å². The predicted molar refractivity (Wildman–Crippen MR) is 141 cm³/mol. The normalized spacial score (nSPS) is 12.8. The summed E-state index contributed by atoms with van der Waals surface area (Å²) in [6.45, 7) is 3.65. The molecule has 38 heavy (non-hydrogen) atoms. The van der Waals surface area contributed by atoms with Crippen LogP contribution in [0.3, 0.4) is 0 Å². The van der Waals surface area contributed by atoms with E-state index in [9.17, 15) is 13.6 Å². The van der Waals surface area contributed by atoms with E-state index in [1.165, 1.54) is 48.8 Å². The molecule has 1 amide bonds. The molecule has 0 spiro atoms. The largest absolute Gasteiger partial charge is 0.496 e. The molecule has 0 radical (unpaired) electrons. The van der Waals surface area contributed by atoms with Crippen LogP contribution < -0.4 is 14.8 Å². The van der Waals surface area contributed by atoms with Crippen LogP contribution in [-0.4, -0.2) is 33.8 Å². The van der Waals surface area contributed by atoms with E-state index in [0.29, 0.717) is 27.8 Å².